The molecule has 4 rings (SSSR count). The molecule has 3 heterocycles. The highest BCUT2D eigenvalue weighted by Gasteiger charge is 2.53. The van der Waals surface area contributed by atoms with Gasteiger partial charge < -0.3 is 93.2 Å². The van der Waals surface area contributed by atoms with E-state index in [1.807, 2.05) is 51.2 Å². The average Bonchev–Trinajstić information content (AvgIpc) is 0.874. The Morgan fingerprint density at radius 2 is 1.33 bits per heavy atom. The first kappa shape index (κ1) is 78.8. The van der Waals surface area contributed by atoms with Crippen molar-refractivity contribution in [3.8, 4) is 0 Å². The quantitative estimate of drug-likeness (QED) is 0.0196. The summed E-state index contributed by atoms with van der Waals surface area (Å²) in [6.07, 6.45) is 8.16. The molecule has 0 aromatic heterocycles. The second-order valence-corrected chi connectivity index (χ2v) is 24.8. The first-order valence-electron chi connectivity index (χ1n) is 32.7. The molecule has 1 amide bonds. The smallest absolute Gasteiger partial charge is 0.329 e. The van der Waals surface area contributed by atoms with Gasteiger partial charge >= 0.3 is 5.97 Å². The van der Waals surface area contributed by atoms with Crippen LogP contribution in [0.4, 0.5) is 0 Å². The Morgan fingerprint density at radius 1 is 0.722 bits per heavy atom. The van der Waals surface area contributed by atoms with E-state index in [2.05, 4.69) is 5.32 Å². The number of thiocarbonyl (C=S) groups is 1. The minimum absolute atomic E-state index is 0.0408. The van der Waals surface area contributed by atoms with Crippen molar-refractivity contribution < 1.29 is 96.4 Å². The summed E-state index contributed by atoms with van der Waals surface area (Å²) in [5, 5.41) is 49.7. The van der Waals surface area contributed by atoms with Gasteiger partial charge in [0.15, 0.2) is 5.78 Å². The monoisotopic (exact) mass is 1300 g/mol. The first-order chi connectivity index (χ1) is 43.1. The number of nitrogens with one attached hydrogen (secondary N) is 1. The molecule has 4 aliphatic rings. The van der Waals surface area contributed by atoms with Crippen molar-refractivity contribution in [3.05, 3.63) is 47.6 Å². The third-order valence-electron chi connectivity index (χ3n) is 17.4. The number of esters is 1. The standard InChI is InChI=1S/C66H111N3O20S/c1-10-80-26-27-82-30-31-84-34-35-86-37-36-85-33-32-83-29-28-81-25-23-68-65(90)88-55-22-20-50(41-58(55)79-9)40-52(67)57-43-54(70)46(4)39-48(6)60(72)61(73)59(71)47(5)38-44(2)16-12-11-13-17-45(3)56(78-8)42-51-21-19-49(7)66(77,89-51)62(74)63(75)69-24-15-14-18-53(69)64(76)87-57/h11-13,16-17,39,44,46-47,49-58,60-61,70,72-73,77H,10,14-15,18-38,40-43,67H2,1-9H3,(H,68,90)/b13-11+,16-12+,45-17+,48-39+/t44-,46-,47-,49-,50+,51+,52-,53+,54-,55?,56+,57+,58-,60-,61+,66-/m1/s1. The summed E-state index contributed by atoms with van der Waals surface area (Å²) >= 11 is 5.55. The summed E-state index contributed by atoms with van der Waals surface area (Å²) in [6, 6.07) is -2.06. The lowest BCUT2D eigenvalue weighted by Gasteiger charge is -2.43. The number of ketones is 2. The number of aliphatic hydroxyl groups is 4. The van der Waals surface area contributed by atoms with Crippen molar-refractivity contribution in [1.29, 1.82) is 0 Å². The van der Waals surface area contributed by atoms with Gasteiger partial charge in [0.25, 0.3) is 16.9 Å². The molecule has 23 nitrogen and oxygen atoms in total. The number of amides is 1. The number of aliphatic hydroxyl groups excluding tert-OH is 3. The molecule has 16 atom stereocenters. The number of rotatable bonds is 28. The number of nitrogens with two attached hydrogens (primary N) is 1. The Labute approximate surface area is 540 Å². The minimum Gasteiger partial charge on any atom is -0.465 e. The fourth-order valence-electron chi connectivity index (χ4n) is 11.8. The molecule has 0 aromatic rings. The van der Waals surface area contributed by atoms with Gasteiger partial charge in [-0.2, -0.15) is 0 Å². The van der Waals surface area contributed by atoms with Gasteiger partial charge in [0.05, 0.1) is 110 Å². The predicted octanol–water partition coefficient (Wildman–Crippen LogP) is 5.04. The highest BCUT2D eigenvalue weighted by molar-refractivity contribution is 7.80. The summed E-state index contributed by atoms with van der Waals surface area (Å²) in [6.45, 7) is 19.6. The van der Waals surface area contributed by atoms with Crippen LogP contribution in [0.1, 0.15) is 126 Å². The molecule has 1 saturated carbocycles. The lowest BCUT2D eigenvalue weighted by Crippen LogP contribution is -2.61. The number of Topliss-reactive ketones (excluding diaryl/α,β-unsaturated/α-hetero) is 2. The van der Waals surface area contributed by atoms with E-state index in [9.17, 15) is 39.6 Å². The van der Waals surface area contributed by atoms with Crippen LogP contribution < -0.4 is 11.1 Å². The third-order valence-corrected chi connectivity index (χ3v) is 17.6. The van der Waals surface area contributed by atoms with Crippen molar-refractivity contribution in [2.24, 2.45) is 35.3 Å². The molecule has 90 heavy (non-hydrogen) atoms. The summed E-state index contributed by atoms with van der Waals surface area (Å²) in [5.74, 6) is -8.19. The Kier molecular flexibility index (Phi) is 37.9. The minimum atomic E-state index is -2.47. The van der Waals surface area contributed by atoms with Crippen LogP contribution in [0, 0.1) is 29.6 Å². The zero-order chi connectivity index (χ0) is 66.0. The van der Waals surface area contributed by atoms with E-state index in [0.29, 0.717) is 157 Å². The number of nitrogens with zero attached hydrogens (tertiary/aromatic N) is 1. The van der Waals surface area contributed by atoms with Gasteiger partial charge in [-0.1, -0.05) is 64.2 Å². The van der Waals surface area contributed by atoms with Gasteiger partial charge in [-0.05, 0) is 120 Å². The summed E-state index contributed by atoms with van der Waals surface area (Å²) < 4.78 is 68.9. The number of hydrogen-bond acceptors (Lipinski definition) is 22. The maximum atomic E-state index is 14.6. The molecular formula is C66H111N3O20S. The van der Waals surface area contributed by atoms with Crippen molar-refractivity contribution in [1.82, 2.24) is 10.2 Å². The normalized spacial score (nSPS) is 33.2. The molecule has 0 spiro atoms. The second kappa shape index (κ2) is 43.3. The van der Waals surface area contributed by atoms with Gasteiger partial charge in [-0.15, -0.1) is 0 Å². The highest BCUT2D eigenvalue weighted by atomic mass is 32.1. The number of carbonyl (C=O) groups is 4. The number of ether oxygens (including phenoxy) is 12. The molecule has 0 radical (unpaired) electrons. The highest BCUT2D eigenvalue weighted by Crippen LogP contribution is 2.38. The van der Waals surface area contributed by atoms with Crippen LogP contribution in [0.25, 0.3) is 0 Å². The summed E-state index contributed by atoms with van der Waals surface area (Å²) in [4.78, 5) is 58.1. The third kappa shape index (κ3) is 27.3. The molecule has 1 aliphatic carbocycles. The van der Waals surface area contributed by atoms with E-state index in [1.54, 1.807) is 48.0 Å². The number of carbonyl (C=O) groups excluding carboxylic acids is 4. The average molecular weight is 1300 g/mol. The first-order valence-corrected chi connectivity index (χ1v) is 33.1. The van der Waals surface area contributed by atoms with E-state index >= 15 is 0 Å². The number of hydrogen-bond donors (Lipinski definition) is 6. The molecule has 516 valence electrons. The van der Waals surface area contributed by atoms with Crippen LogP contribution in [-0.2, 0) is 76.0 Å². The number of cyclic esters (lactones) is 1. The van der Waals surface area contributed by atoms with Crippen molar-refractivity contribution in [2.75, 3.05) is 120 Å². The lowest BCUT2D eigenvalue weighted by atomic mass is 9.80. The van der Waals surface area contributed by atoms with Crippen LogP contribution in [0.2, 0.25) is 0 Å². The van der Waals surface area contributed by atoms with Crippen molar-refractivity contribution >= 4 is 40.8 Å². The molecule has 3 aliphatic heterocycles. The lowest BCUT2D eigenvalue weighted by molar-refractivity contribution is -0.265. The van der Waals surface area contributed by atoms with E-state index < -0.39 is 95.7 Å². The van der Waals surface area contributed by atoms with Gasteiger partial charge in [0, 0.05) is 70.6 Å². The summed E-state index contributed by atoms with van der Waals surface area (Å²) in [7, 11) is 3.16. The van der Waals surface area contributed by atoms with Crippen LogP contribution in [0.5, 0.6) is 0 Å². The maximum Gasteiger partial charge on any atom is 0.329 e. The summed E-state index contributed by atoms with van der Waals surface area (Å²) in [5.41, 5.74) is 8.16. The Morgan fingerprint density at radius 3 is 1.93 bits per heavy atom. The fraction of sp³-hybridized carbons (Fsp3) is 0.803. The molecule has 2 bridgehead atoms. The molecule has 24 heteroatoms. The zero-order valence-corrected chi connectivity index (χ0v) is 56.0. The van der Waals surface area contributed by atoms with Crippen LogP contribution in [-0.4, -0.2) is 240 Å². The Bertz CT molecular complexity index is 2240. The maximum absolute atomic E-state index is 14.6. The van der Waals surface area contributed by atoms with Gasteiger partial charge in [-0.3, -0.25) is 14.4 Å². The second-order valence-electron chi connectivity index (χ2n) is 24.4. The SMILES string of the molecule is CCOCCOCCOCCOCCOCCOCCOCCNC(=S)OC1CC[C@@H](C[C@@H](N)[C@@H]2C[C@@H](O)[C@H](C)/C=C(\C)[C@@H](O)[C@@H](O)C(=O)[C@H](C)C[C@H](C)/C=C/C=C/C=C(\C)[C@@H](OC)C[C@@H]3CC[C@@H](C)[C@@](O)(O3)C(=O)C(=O)N3CCCC[C@H]3C(=O)O2)C[C@H]1OC. The number of fused-ring (bicyclic) bond motifs is 3. The molecule has 7 N–H and O–H groups in total. The van der Waals surface area contributed by atoms with E-state index in [0.717, 1.165) is 10.5 Å². The van der Waals surface area contributed by atoms with Crippen LogP contribution in [0.15, 0.2) is 47.6 Å². The fourth-order valence-corrected chi connectivity index (χ4v) is 12.0. The Hall–Kier alpha value is -3.67. The molecule has 1 unspecified atom stereocenters. The Balaban J connectivity index is 1.37. The molecule has 0 aromatic carbocycles. The number of piperidine rings is 1. The zero-order valence-electron chi connectivity index (χ0n) is 55.2. The van der Waals surface area contributed by atoms with Crippen molar-refractivity contribution in [2.45, 2.75) is 192 Å². The largest absolute Gasteiger partial charge is 0.465 e. The van der Waals surface area contributed by atoms with Crippen LogP contribution >= 0.6 is 12.2 Å². The van der Waals surface area contributed by atoms with E-state index in [-0.39, 0.29) is 60.6 Å². The number of methoxy groups -OCH3 is 2. The number of allylic oxidation sites excluding steroid dienone is 5. The topological polar surface area (TPSA) is 301 Å². The predicted molar refractivity (Wildman–Crippen MR) is 341 cm³/mol. The van der Waals surface area contributed by atoms with E-state index in [1.165, 1.54) is 0 Å². The van der Waals surface area contributed by atoms with Gasteiger partial charge in [0.2, 0.25) is 5.79 Å². The van der Waals surface area contributed by atoms with Crippen LogP contribution in [0.3, 0.4) is 0 Å². The molecular weight excluding hydrogens is 1190 g/mol. The molecule has 3 fully saturated rings. The van der Waals surface area contributed by atoms with E-state index in [4.69, 9.17) is 74.8 Å². The van der Waals surface area contributed by atoms with Crippen molar-refractivity contribution in [3.63, 3.8) is 0 Å². The van der Waals surface area contributed by atoms with Gasteiger partial charge in [0.1, 0.15) is 30.5 Å². The van der Waals surface area contributed by atoms with Gasteiger partial charge in [-0.25, -0.2) is 4.79 Å². The molecule has 2 saturated heterocycles.